The molecule has 5 heterocycles. The van der Waals surface area contributed by atoms with Crippen LogP contribution in [0, 0.1) is 6.92 Å². The van der Waals surface area contributed by atoms with E-state index >= 15 is 0 Å². The minimum atomic E-state index is -0.934. The van der Waals surface area contributed by atoms with Crippen molar-refractivity contribution < 1.29 is 23.7 Å². The molecule has 0 radical (unpaired) electrons. The molecule has 0 unspecified atom stereocenters. The van der Waals surface area contributed by atoms with Crippen LogP contribution >= 0.6 is 23.2 Å². The third-order valence-corrected chi connectivity index (χ3v) is 12.8. The lowest BCUT2D eigenvalue weighted by molar-refractivity contribution is -0.121. The average molecular weight is 1010 g/mol. The van der Waals surface area contributed by atoms with E-state index in [1.807, 2.05) is 64.1 Å². The molecule has 71 heavy (non-hydrogen) atoms. The number of allylic oxidation sites excluding steroid dienone is 3. The van der Waals surface area contributed by atoms with Crippen molar-refractivity contribution in [1.82, 2.24) is 40.4 Å². The summed E-state index contributed by atoms with van der Waals surface area (Å²) in [5.41, 5.74) is 5.79. The Morgan fingerprint density at radius 3 is 2.27 bits per heavy atom. The third kappa shape index (κ3) is 12.2. The van der Waals surface area contributed by atoms with Crippen LogP contribution in [0.4, 0.5) is 0 Å². The Bertz CT molecular complexity index is 3150. The highest BCUT2D eigenvalue weighted by Crippen LogP contribution is 2.34. The van der Waals surface area contributed by atoms with Gasteiger partial charge in [-0.1, -0.05) is 83.8 Å². The van der Waals surface area contributed by atoms with Gasteiger partial charge in [0.05, 0.1) is 18.6 Å². The van der Waals surface area contributed by atoms with Crippen molar-refractivity contribution in [3.63, 3.8) is 0 Å². The van der Waals surface area contributed by atoms with Crippen molar-refractivity contribution in [3.05, 3.63) is 131 Å². The number of carbonyl (C=O) groups is 1. The van der Waals surface area contributed by atoms with Crippen LogP contribution in [0.15, 0.2) is 107 Å². The zero-order valence-electron chi connectivity index (χ0n) is 41.9. The Labute approximate surface area is 423 Å². The number of halogens is 2. The minimum absolute atomic E-state index is 0.202. The first-order valence-corrected chi connectivity index (χ1v) is 24.9. The van der Waals surface area contributed by atoms with Crippen molar-refractivity contribution in [2.24, 2.45) is 9.98 Å². The number of amidine groups is 1. The summed E-state index contributed by atoms with van der Waals surface area (Å²) in [5, 5.41) is 26.9. The van der Waals surface area contributed by atoms with Crippen molar-refractivity contribution in [2.75, 3.05) is 32.8 Å². The van der Waals surface area contributed by atoms with Gasteiger partial charge in [0.2, 0.25) is 23.4 Å². The normalized spacial score (nSPS) is 15.6. The summed E-state index contributed by atoms with van der Waals surface area (Å²) >= 11 is 13.7. The van der Waals surface area contributed by atoms with E-state index in [1.54, 1.807) is 48.4 Å². The smallest absolute Gasteiger partial charge is 0.260 e. The molecule has 3 N–H and O–H groups in total. The second-order valence-corrected chi connectivity index (χ2v) is 18.6. The second-order valence-electron chi connectivity index (χ2n) is 17.8. The maximum atomic E-state index is 14.1. The fourth-order valence-electron chi connectivity index (χ4n) is 8.07. The lowest BCUT2D eigenvalue weighted by Gasteiger charge is -2.30. The second kappa shape index (κ2) is 23.2. The van der Waals surface area contributed by atoms with E-state index in [0.29, 0.717) is 148 Å². The number of nitrogens with one attached hydrogen (secondary N) is 2. The number of fused-ring (bicyclic) bond motifs is 1. The number of aliphatic hydroxyl groups is 1. The third-order valence-electron chi connectivity index (χ3n) is 12.2. The monoisotopic (exact) mass is 1000 g/mol. The zero-order chi connectivity index (χ0) is 51.0. The number of aromatic nitrogens is 5. The SMILES string of the molecule is CC=C1C=C(c2ccc(-c3noc(C)n3)cc2Cl)C(=O)N(CC)C1=NC(NCCCOCCc1nc(-c2ccc(-c3cc4c(n(CC)c3=O)=NC(NCC(C)(C)O)=C(CC)CC=4)c(Cl)c2)no1)=C(C)CC. The summed E-state index contributed by atoms with van der Waals surface area (Å²) in [6, 6.07) is 12.6. The number of benzene rings is 2. The Kier molecular flexibility index (Phi) is 17.1. The van der Waals surface area contributed by atoms with Crippen molar-refractivity contribution in [3.8, 4) is 33.9 Å². The van der Waals surface area contributed by atoms with E-state index in [2.05, 4.69) is 50.8 Å². The molecule has 3 aromatic heterocycles. The number of ether oxygens (including phenoxy) is 1. The highest BCUT2D eigenvalue weighted by molar-refractivity contribution is 6.38. The molecule has 2 aliphatic rings. The van der Waals surface area contributed by atoms with E-state index < -0.39 is 5.60 Å². The summed E-state index contributed by atoms with van der Waals surface area (Å²) in [6.45, 7) is 19.7. The molecule has 1 amide bonds. The lowest BCUT2D eigenvalue weighted by atomic mass is 9.95. The van der Waals surface area contributed by atoms with Crippen LogP contribution in [0.2, 0.25) is 10.0 Å². The fourth-order valence-corrected chi connectivity index (χ4v) is 8.64. The summed E-state index contributed by atoms with van der Waals surface area (Å²) in [7, 11) is 0. The van der Waals surface area contributed by atoms with Crippen LogP contribution in [0.5, 0.6) is 0 Å². The molecule has 0 bridgehead atoms. The Morgan fingerprint density at radius 2 is 1.65 bits per heavy atom. The predicted molar refractivity (Wildman–Crippen MR) is 278 cm³/mol. The molecule has 2 aromatic carbocycles. The number of likely N-dealkylation sites (N-methyl/N-ethyl adjacent to an activating group) is 1. The van der Waals surface area contributed by atoms with Gasteiger partial charge in [0, 0.05) is 93.9 Å². The standard InChI is InChI=1S/C53H62Cl2N10O6/c1-10-31(6)45(60-49-34(12-3)26-40(51(66)64(49)13-4)38-20-18-35(28-42(38)54)47-58-32(7)70-62-47)56-23-15-24-69-25-22-44-59-48(63-71-44)36-19-21-39(43(55)29-36)41-27-37-17-16-33(11-2)46(57-30-53(8,9)68)61-50(37)65(14-5)52(41)67/h12,17-21,26-29,56-57,68H,10-11,13-16,22-25,30H2,1-9H3. The van der Waals surface area contributed by atoms with Gasteiger partial charge in [-0.25, -0.2) is 9.98 Å². The van der Waals surface area contributed by atoms with Gasteiger partial charge in [-0.05, 0) is 103 Å². The molecule has 18 heteroatoms. The number of aryl methyl sites for hydroxylation is 1. The highest BCUT2D eigenvalue weighted by Gasteiger charge is 2.31. The number of rotatable bonds is 20. The van der Waals surface area contributed by atoms with Crippen LogP contribution < -0.4 is 26.9 Å². The van der Waals surface area contributed by atoms with E-state index in [9.17, 15) is 14.7 Å². The Morgan fingerprint density at radius 1 is 0.944 bits per heavy atom. The van der Waals surface area contributed by atoms with Crippen LogP contribution in [-0.2, 0) is 22.5 Å². The molecule has 2 aliphatic heterocycles. The minimum Gasteiger partial charge on any atom is -0.389 e. The van der Waals surface area contributed by atoms with E-state index in [1.165, 1.54) is 0 Å². The number of aliphatic imine (C=N–C) groups is 1. The predicted octanol–water partition coefficient (Wildman–Crippen LogP) is 8.51. The molecular weight excluding hydrogens is 944 g/mol. The van der Waals surface area contributed by atoms with Crippen LogP contribution in [0.1, 0.15) is 98.4 Å². The van der Waals surface area contributed by atoms with Gasteiger partial charge in [0.15, 0.2) is 0 Å². The van der Waals surface area contributed by atoms with Crippen LogP contribution in [0.25, 0.3) is 45.6 Å². The maximum absolute atomic E-state index is 14.1. The Hall–Kier alpha value is -6.46. The van der Waals surface area contributed by atoms with Crippen LogP contribution in [0.3, 0.4) is 0 Å². The first-order valence-electron chi connectivity index (χ1n) is 24.1. The highest BCUT2D eigenvalue weighted by atomic mass is 35.5. The van der Waals surface area contributed by atoms with Gasteiger partial charge >= 0.3 is 0 Å². The van der Waals surface area contributed by atoms with E-state index in [0.717, 1.165) is 34.8 Å². The van der Waals surface area contributed by atoms with Gasteiger partial charge in [-0.2, -0.15) is 9.97 Å². The zero-order valence-corrected chi connectivity index (χ0v) is 43.4. The molecule has 0 saturated carbocycles. The molecular formula is C53H62Cl2N10O6. The molecule has 7 rings (SSSR count). The van der Waals surface area contributed by atoms with Crippen molar-refractivity contribution in [1.29, 1.82) is 0 Å². The number of hydrogen-bond donors (Lipinski definition) is 3. The first kappa shape index (κ1) is 52.4. The van der Waals surface area contributed by atoms with Gasteiger partial charge in [-0.3, -0.25) is 19.1 Å². The number of pyridine rings is 1. The van der Waals surface area contributed by atoms with Gasteiger partial charge in [0.1, 0.15) is 23.0 Å². The Balaban J connectivity index is 0.954. The summed E-state index contributed by atoms with van der Waals surface area (Å²) < 4.78 is 18.3. The number of nitrogens with zero attached hydrogens (tertiary/aromatic N) is 8. The fraction of sp³-hybridized carbons (Fsp3) is 0.396. The number of carbonyl (C=O) groups excluding carboxylic acids is 1. The van der Waals surface area contributed by atoms with Crippen LogP contribution in [-0.4, -0.2) is 85.0 Å². The maximum Gasteiger partial charge on any atom is 0.260 e. The molecule has 0 spiro atoms. The quantitative estimate of drug-likeness (QED) is 0.0630. The molecule has 16 nitrogen and oxygen atoms in total. The van der Waals surface area contributed by atoms with Gasteiger partial charge in [-0.15, -0.1) is 0 Å². The molecule has 374 valence electrons. The van der Waals surface area contributed by atoms with E-state index in [4.69, 9.17) is 47.0 Å². The lowest BCUT2D eigenvalue weighted by Crippen LogP contribution is -2.44. The first-order chi connectivity index (χ1) is 34.1. The summed E-state index contributed by atoms with van der Waals surface area (Å²) in [4.78, 5) is 48.6. The number of hydrogen-bond acceptors (Lipinski definition) is 14. The van der Waals surface area contributed by atoms with Crippen molar-refractivity contribution in [2.45, 2.75) is 107 Å². The largest absolute Gasteiger partial charge is 0.389 e. The topological polar surface area (TPSA) is 198 Å². The number of amides is 1. The van der Waals surface area contributed by atoms with Gasteiger partial charge in [0.25, 0.3) is 11.5 Å². The summed E-state index contributed by atoms with van der Waals surface area (Å²) in [6.07, 6.45) is 9.15. The van der Waals surface area contributed by atoms with Gasteiger partial charge < -0.3 is 29.5 Å². The van der Waals surface area contributed by atoms with Crippen molar-refractivity contribution >= 4 is 46.6 Å². The molecule has 0 fully saturated rings. The van der Waals surface area contributed by atoms with E-state index in [-0.39, 0.29) is 11.5 Å². The molecule has 0 aliphatic carbocycles. The molecule has 0 atom stereocenters. The average Bonchev–Trinajstić information content (AvgIpc) is 3.97. The summed E-state index contributed by atoms with van der Waals surface area (Å²) in [5.74, 6) is 3.40. The molecule has 0 saturated heterocycles. The molecule has 5 aromatic rings.